The predicted molar refractivity (Wildman–Crippen MR) is 58.9 cm³/mol. The number of Topliss-reactive ketones (excluding diaryl/α,β-unsaturated/α-hetero) is 1. The standard InChI is InChI=1S/C10H15NO2S/c1-6-5-7(2)9(8(6)12)13-10(14)11(3)4/h6H,5H2,1-4H3. The van der Waals surface area contributed by atoms with Gasteiger partial charge in [0.2, 0.25) is 5.78 Å². The van der Waals surface area contributed by atoms with E-state index in [2.05, 4.69) is 0 Å². The van der Waals surface area contributed by atoms with Crippen LogP contribution in [0.4, 0.5) is 0 Å². The van der Waals surface area contributed by atoms with E-state index in [4.69, 9.17) is 17.0 Å². The predicted octanol–water partition coefficient (Wildman–Crippen LogP) is 1.73. The molecular formula is C10H15NO2S. The van der Waals surface area contributed by atoms with Gasteiger partial charge in [0.1, 0.15) is 0 Å². The zero-order chi connectivity index (χ0) is 10.9. The lowest BCUT2D eigenvalue weighted by molar-refractivity contribution is -0.119. The summed E-state index contributed by atoms with van der Waals surface area (Å²) in [5.41, 5.74) is 0.992. The van der Waals surface area contributed by atoms with Crippen molar-refractivity contribution in [2.24, 2.45) is 5.92 Å². The van der Waals surface area contributed by atoms with Crippen molar-refractivity contribution in [3.05, 3.63) is 11.3 Å². The fourth-order valence-corrected chi connectivity index (χ4v) is 1.48. The van der Waals surface area contributed by atoms with Gasteiger partial charge in [-0.2, -0.15) is 0 Å². The number of ether oxygens (including phenoxy) is 1. The molecule has 0 amide bonds. The molecule has 0 N–H and O–H groups in total. The Morgan fingerprint density at radius 2 is 2.14 bits per heavy atom. The van der Waals surface area contributed by atoms with Crippen LogP contribution in [0.15, 0.2) is 11.3 Å². The van der Waals surface area contributed by atoms with Crippen LogP contribution in [0.25, 0.3) is 0 Å². The molecule has 0 radical (unpaired) electrons. The van der Waals surface area contributed by atoms with Crippen molar-refractivity contribution in [2.75, 3.05) is 14.1 Å². The molecule has 4 heteroatoms. The van der Waals surface area contributed by atoms with Crippen molar-refractivity contribution < 1.29 is 9.53 Å². The first-order valence-electron chi connectivity index (χ1n) is 4.56. The number of ketones is 1. The Morgan fingerprint density at radius 3 is 2.50 bits per heavy atom. The number of rotatable bonds is 1. The number of nitrogens with zero attached hydrogens (tertiary/aromatic N) is 1. The summed E-state index contributed by atoms with van der Waals surface area (Å²) in [6.07, 6.45) is 0.782. The highest BCUT2D eigenvalue weighted by molar-refractivity contribution is 7.80. The van der Waals surface area contributed by atoms with Crippen molar-refractivity contribution in [1.82, 2.24) is 4.90 Å². The Morgan fingerprint density at radius 1 is 1.57 bits per heavy atom. The second-order valence-electron chi connectivity index (χ2n) is 3.84. The molecule has 0 aliphatic heterocycles. The highest BCUT2D eigenvalue weighted by atomic mass is 32.1. The molecule has 78 valence electrons. The summed E-state index contributed by atoms with van der Waals surface area (Å²) in [5.74, 6) is 0.540. The summed E-state index contributed by atoms with van der Waals surface area (Å²) in [4.78, 5) is 13.3. The second-order valence-corrected chi connectivity index (χ2v) is 4.19. The lowest BCUT2D eigenvalue weighted by atomic mass is 10.1. The molecule has 14 heavy (non-hydrogen) atoms. The van der Waals surface area contributed by atoms with Crippen molar-refractivity contribution in [3.8, 4) is 0 Å². The smallest absolute Gasteiger partial charge is 0.264 e. The Bertz CT molecular complexity index is 307. The number of carbonyl (C=O) groups is 1. The fourth-order valence-electron chi connectivity index (χ4n) is 1.39. The molecule has 1 aliphatic carbocycles. The quantitative estimate of drug-likeness (QED) is 0.620. The summed E-state index contributed by atoms with van der Waals surface area (Å²) in [5, 5.41) is 0.335. The summed E-state index contributed by atoms with van der Waals surface area (Å²) in [6, 6.07) is 0. The highest BCUT2D eigenvalue weighted by Gasteiger charge is 2.30. The van der Waals surface area contributed by atoms with Gasteiger partial charge in [-0.15, -0.1) is 0 Å². The normalized spacial score (nSPS) is 21.4. The first-order chi connectivity index (χ1) is 6.43. The van der Waals surface area contributed by atoms with Gasteiger partial charge in [0.25, 0.3) is 5.17 Å². The summed E-state index contributed by atoms with van der Waals surface area (Å²) in [7, 11) is 3.59. The minimum absolute atomic E-state index is 0.0370. The average Bonchev–Trinajstić information content (AvgIpc) is 2.32. The van der Waals surface area contributed by atoms with Gasteiger partial charge in [-0.1, -0.05) is 6.92 Å². The number of thiocarbonyl (C=S) groups is 1. The van der Waals surface area contributed by atoms with E-state index in [0.29, 0.717) is 10.9 Å². The molecule has 0 bridgehead atoms. The van der Waals surface area contributed by atoms with Gasteiger partial charge in [-0.3, -0.25) is 4.79 Å². The van der Waals surface area contributed by atoms with E-state index in [1.54, 1.807) is 19.0 Å². The van der Waals surface area contributed by atoms with Crippen LogP contribution < -0.4 is 0 Å². The minimum atomic E-state index is 0.0370. The number of allylic oxidation sites excluding steroid dienone is 2. The molecule has 3 nitrogen and oxygen atoms in total. The Balaban J connectivity index is 2.74. The third-order valence-corrected chi connectivity index (χ3v) is 2.67. The van der Waals surface area contributed by atoms with E-state index in [1.807, 2.05) is 13.8 Å². The molecule has 0 saturated carbocycles. The number of hydrogen-bond acceptors (Lipinski definition) is 3. The van der Waals surface area contributed by atoms with E-state index >= 15 is 0 Å². The molecule has 0 aromatic heterocycles. The Labute approximate surface area is 89.7 Å². The van der Waals surface area contributed by atoms with Crippen LogP contribution in [0.2, 0.25) is 0 Å². The maximum Gasteiger partial charge on any atom is 0.264 e. The second kappa shape index (κ2) is 4.09. The zero-order valence-corrected chi connectivity index (χ0v) is 9.77. The lowest BCUT2D eigenvalue weighted by Gasteiger charge is -2.14. The largest absolute Gasteiger partial charge is 0.428 e. The van der Waals surface area contributed by atoms with Crippen molar-refractivity contribution in [1.29, 1.82) is 0 Å². The Kier molecular flexibility index (Phi) is 3.26. The van der Waals surface area contributed by atoms with Gasteiger partial charge in [-0.05, 0) is 31.1 Å². The monoisotopic (exact) mass is 213 g/mol. The molecule has 1 atom stereocenters. The lowest BCUT2D eigenvalue weighted by Crippen LogP contribution is -2.24. The van der Waals surface area contributed by atoms with E-state index < -0.39 is 0 Å². The van der Waals surface area contributed by atoms with Gasteiger partial charge in [0.15, 0.2) is 5.76 Å². The minimum Gasteiger partial charge on any atom is -0.428 e. The molecule has 1 rings (SSSR count). The van der Waals surface area contributed by atoms with Crippen LogP contribution in [0.1, 0.15) is 20.3 Å². The fraction of sp³-hybridized carbons (Fsp3) is 0.600. The first kappa shape index (κ1) is 11.2. The summed E-state index contributed by atoms with van der Waals surface area (Å²) >= 11 is 4.98. The number of carbonyl (C=O) groups excluding carboxylic acids is 1. The van der Waals surface area contributed by atoms with Crippen LogP contribution >= 0.6 is 12.2 Å². The zero-order valence-electron chi connectivity index (χ0n) is 8.96. The van der Waals surface area contributed by atoms with Crippen LogP contribution in [0, 0.1) is 5.92 Å². The summed E-state index contributed by atoms with van der Waals surface area (Å²) < 4.78 is 5.36. The van der Waals surface area contributed by atoms with Crippen LogP contribution in [0.5, 0.6) is 0 Å². The third kappa shape index (κ3) is 2.12. The molecule has 1 aliphatic rings. The molecule has 1 unspecified atom stereocenters. The molecule has 0 aromatic carbocycles. The molecule has 0 heterocycles. The van der Waals surface area contributed by atoms with E-state index in [1.165, 1.54) is 0 Å². The summed E-state index contributed by atoms with van der Waals surface area (Å²) in [6.45, 7) is 3.82. The SMILES string of the molecule is CC1=C(OC(=S)N(C)C)C(=O)C(C)C1. The molecule has 0 spiro atoms. The number of hydrogen-bond donors (Lipinski definition) is 0. The van der Waals surface area contributed by atoms with Gasteiger partial charge in [0, 0.05) is 20.0 Å². The van der Waals surface area contributed by atoms with Crippen molar-refractivity contribution in [2.45, 2.75) is 20.3 Å². The van der Waals surface area contributed by atoms with E-state index in [9.17, 15) is 4.79 Å². The molecular weight excluding hydrogens is 198 g/mol. The van der Waals surface area contributed by atoms with Crippen molar-refractivity contribution >= 4 is 23.2 Å². The maximum atomic E-state index is 11.6. The third-order valence-electron chi connectivity index (χ3n) is 2.23. The van der Waals surface area contributed by atoms with Gasteiger partial charge < -0.3 is 9.64 Å². The topological polar surface area (TPSA) is 29.5 Å². The van der Waals surface area contributed by atoms with Crippen LogP contribution in [0.3, 0.4) is 0 Å². The van der Waals surface area contributed by atoms with Gasteiger partial charge in [0.05, 0.1) is 0 Å². The van der Waals surface area contributed by atoms with E-state index in [-0.39, 0.29) is 11.7 Å². The van der Waals surface area contributed by atoms with Gasteiger partial charge in [-0.25, -0.2) is 0 Å². The van der Waals surface area contributed by atoms with E-state index in [0.717, 1.165) is 12.0 Å². The first-order valence-corrected chi connectivity index (χ1v) is 4.97. The molecule has 0 fully saturated rings. The van der Waals surface area contributed by atoms with Gasteiger partial charge >= 0.3 is 0 Å². The Hall–Kier alpha value is -0.900. The average molecular weight is 213 g/mol. The van der Waals surface area contributed by atoms with Crippen LogP contribution in [-0.4, -0.2) is 30.0 Å². The molecule has 0 aromatic rings. The maximum absolute atomic E-state index is 11.6. The highest BCUT2D eigenvalue weighted by Crippen LogP contribution is 2.28. The molecule has 0 saturated heterocycles. The van der Waals surface area contributed by atoms with Crippen LogP contribution in [-0.2, 0) is 9.53 Å². The van der Waals surface area contributed by atoms with Crippen molar-refractivity contribution in [3.63, 3.8) is 0 Å².